The molecule has 10 aromatic rings. The molecule has 12 rings (SSSR count). The Bertz CT molecular complexity index is 3470. The van der Waals surface area contributed by atoms with Crippen molar-refractivity contribution in [3.8, 4) is 45.5 Å². The highest BCUT2D eigenvalue weighted by atomic mass is 15.1. The van der Waals surface area contributed by atoms with Crippen LogP contribution in [-0.2, 0) is 10.8 Å². The fraction of sp³-hybridized carbons (Fsp3) is 0.0312. The average molecular weight is 852 g/mol. The first-order chi connectivity index (χ1) is 33.1. The Morgan fingerprint density at radius 1 is 0.313 bits per heavy atom. The SMILES string of the molecule is N#Cc1ccc(C2(c3ccc(C#N)cc3)c3ccccc3-c3c(N(c4ccc(-c5ccccc5)cc4)c4ccc5c(c4)C(c4ccccc4)(c4ccccc4)c4ccccc4-5)cccc32)cc1. The molecule has 0 fully saturated rings. The van der Waals surface area contributed by atoms with E-state index in [1.165, 1.54) is 33.4 Å². The molecule has 0 saturated carbocycles. The Hall–Kier alpha value is -9.02. The number of hydrogen-bond acceptors (Lipinski definition) is 3. The van der Waals surface area contributed by atoms with Crippen LogP contribution in [0, 0.1) is 22.7 Å². The van der Waals surface area contributed by atoms with Crippen molar-refractivity contribution in [1.29, 1.82) is 10.5 Å². The van der Waals surface area contributed by atoms with Gasteiger partial charge in [-0.25, -0.2) is 0 Å². The van der Waals surface area contributed by atoms with Gasteiger partial charge in [-0.1, -0.05) is 194 Å². The van der Waals surface area contributed by atoms with Crippen molar-refractivity contribution in [2.45, 2.75) is 10.8 Å². The molecule has 0 atom stereocenters. The summed E-state index contributed by atoms with van der Waals surface area (Å²) in [6, 6.07) is 93.6. The van der Waals surface area contributed by atoms with Crippen LogP contribution in [-0.4, -0.2) is 0 Å². The highest BCUT2D eigenvalue weighted by molar-refractivity contribution is 5.98. The summed E-state index contributed by atoms with van der Waals surface area (Å²) in [5.74, 6) is 0. The predicted octanol–water partition coefficient (Wildman–Crippen LogP) is 15.3. The Morgan fingerprint density at radius 3 is 1.33 bits per heavy atom. The minimum atomic E-state index is -0.762. The van der Waals surface area contributed by atoms with Crippen molar-refractivity contribution < 1.29 is 0 Å². The molecule has 0 bridgehead atoms. The molecule has 0 aliphatic heterocycles. The van der Waals surface area contributed by atoms with E-state index in [0.717, 1.165) is 61.6 Å². The molecule has 2 aliphatic rings. The van der Waals surface area contributed by atoms with E-state index < -0.39 is 10.8 Å². The maximum absolute atomic E-state index is 9.93. The molecule has 10 aromatic carbocycles. The van der Waals surface area contributed by atoms with E-state index in [0.29, 0.717) is 11.1 Å². The minimum absolute atomic E-state index is 0.584. The number of benzene rings is 10. The predicted molar refractivity (Wildman–Crippen MR) is 271 cm³/mol. The molecule has 3 nitrogen and oxygen atoms in total. The van der Waals surface area contributed by atoms with Crippen LogP contribution >= 0.6 is 0 Å². The van der Waals surface area contributed by atoms with Gasteiger partial charge in [0.15, 0.2) is 0 Å². The highest BCUT2D eigenvalue weighted by Crippen LogP contribution is 2.61. The smallest absolute Gasteiger partial charge is 0.0991 e. The standard InChI is InChI=1S/C64H41N3/c65-42-44-27-33-50(34-28-44)63(51-35-29-45(43-66)30-36-51)58-24-13-11-22-56(58)62-59(63)25-14-26-61(62)67(52-37-31-47(32-38-52)46-15-4-1-5-16-46)53-39-40-55-54-21-10-12-23-57(54)64(60(55)41-53,48-17-6-2-7-18-48)49-19-8-3-9-20-49/h1-41H. The molecule has 0 N–H and O–H groups in total. The van der Waals surface area contributed by atoms with Gasteiger partial charge in [-0.2, -0.15) is 10.5 Å². The third-order valence-electron chi connectivity index (χ3n) is 14.1. The van der Waals surface area contributed by atoms with E-state index in [9.17, 15) is 10.5 Å². The van der Waals surface area contributed by atoms with Gasteiger partial charge in [0.25, 0.3) is 0 Å². The van der Waals surface area contributed by atoms with Gasteiger partial charge in [0.05, 0.1) is 39.8 Å². The molecular weight excluding hydrogens is 811 g/mol. The number of rotatable bonds is 8. The van der Waals surface area contributed by atoms with Crippen molar-refractivity contribution in [1.82, 2.24) is 0 Å². The monoisotopic (exact) mass is 851 g/mol. The summed E-state index contributed by atoms with van der Waals surface area (Å²) in [6.07, 6.45) is 0. The van der Waals surface area contributed by atoms with E-state index in [1.807, 2.05) is 24.3 Å². The summed E-state index contributed by atoms with van der Waals surface area (Å²) < 4.78 is 0. The third-order valence-corrected chi connectivity index (χ3v) is 14.1. The van der Waals surface area contributed by atoms with Crippen molar-refractivity contribution >= 4 is 17.1 Å². The largest absolute Gasteiger partial charge is 0.310 e. The van der Waals surface area contributed by atoms with Gasteiger partial charge < -0.3 is 4.90 Å². The van der Waals surface area contributed by atoms with Crippen LogP contribution < -0.4 is 4.90 Å². The van der Waals surface area contributed by atoms with Gasteiger partial charge in [-0.3, -0.25) is 0 Å². The second-order valence-corrected chi connectivity index (χ2v) is 17.4. The summed E-state index contributed by atoms with van der Waals surface area (Å²) in [7, 11) is 0. The van der Waals surface area contributed by atoms with Gasteiger partial charge in [0.2, 0.25) is 0 Å². The van der Waals surface area contributed by atoms with Gasteiger partial charge in [0, 0.05) is 16.9 Å². The van der Waals surface area contributed by atoms with E-state index in [4.69, 9.17) is 0 Å². The zero-order valence-corrected chi connectivity index (χ0v) is 36.5. The molecule has 3 heteroatoms. The van der Waals surface area contributed by atoms with Gasteiger partial charge in [-0.15, -0.1) is 0 Å². The zero-order chi connectivity index (χ0) is 45.0. The van der Waals surface area contributed by atoms with Crippen LogP contribution in [0.1, 0.15) is 55.6 Å². The molecule has 312 valence electrons. The van der Waals surface area contributed by atoms with Crippen LogP contribution in [0.25, 0.3) is 33.4 Å². The molecule has 0 saturated heterocycles. The van der Waals surface area contributed by atoms with Gasteiger partial charge in [0.1, 0.15) is 0 Å². The van der Waals surface area contributed by atoms with Crippen LogP contribution in [0.3, 0.4) is 0 Å². The zero-order valence-electron chi connectivity index (χ0n) is 36.5. The van der Waals surface area contributed by atoms with E-state index in [2.05, 4.69) is 241 Å². The topological polar surface area (TPSA) is 50.8 Å². The third kappa shape index (κ3) is 5.96. The Labute approximate surface area is 391 Å². The lowest BCUT2D eigenvalue weighted by molar-refractivity contribution is 0.767. The second-order valence-electron chi connectivity index (χ2n) is 17.4. The molecule has 0 heterocycles. The van der Waals surface area contributed by atoms with E-state index >= 15 is 0 Å². The number of hydrogen-bond donors (Lipinski definition) is 0. The summed E-state index contributed by atoms with van der Waals surface area (Å²) in [5, 5.41) is 19.9. The molecule has 67 heavy (non-hydrogen) atoms. The number of nitriles is 2. The lowest BCUT2D eigenvalue weighted by Crippen LogP contribution is -2.29. The van der Waals surface area contributed by atoms with E-state index in [-0.39, 0.29) is 0 Å². The van der Waals surface area contributed by atoms with E-state index in [1.54, 1.807) is 0 Å². The molecule has 2 aliphatic carbocycles. The second kappa shape index (κ2) is 15.9. The van der Waals surface area contributed by atoms with Crippen LogP contribution in [0.4, 0.5) is 17.1 Å². The first kappa shape index (κ1) is 39.6. The lowest BCUT2D eigenvalue weighted by atomic mass is 9.67. The summed E-state index contributed by atoms with van der Waals surface area (Å²) >= 11 is 0. The fourth-order valence-corrected chi connectivity index (χ4v) is 11.3. The maximum atomic E-state index is 9.93. The van der Waals surface area contributed by atoms with Crippen molar-refractivity contribution in [2.24, 2.45) is 0 Å². The normalized spacial score (nSPS) is 13.3. The molecule has 0 unspecified atom stereocenters. The van der Waals surface area contributed by atoms with Crippen LogP contribution in [0.2, 0.25) is 0 Å². The minimum Gasteiger partial charge on any atom is -0.310 e. The average Bonchev–Trinajstić information content (AvgIpc) is 3.88. The lowest BCUT2D eigenvalue weighted by Gasteiger charge is -2.35. The number of fused-ring (bicyclic) bond motifs is 6. The van der Waals surface area contributed by atoms with Crippen molar-refractivity contribution in [3.63, 3.8) is 0 Å². The summed E-state index contributed by atoms with van der Waals surface area (Å²) in [4.78, 5) is 2.45. The molecular formula is C64H41N3. The van der Waals surface area contributed by atoms with Gasteiger partial charge in [-0.05, 0) is 127 Å². The molecule has 0 spiro atoms. The Kier molecular flexibility index (Phi) is 9.39. The van der Waals surface area contributed by atoms with Crippen LogP contribution in [0.5, 0.6) is 0 Å². The summed E-state index contributed by atoms with van der Waals surface area (Å²) in [5.41, 5.74) is 19.3. The molecule has 0 aromatic heterocycles. The Balaban J connectivity index is 1.16. The number of anilines is 3. The first-order valence-electron chi connectivity index (χ1n) is 22.7. The van der Waals surface area contributed by atoms with Crippen molar-refractivity contribution in [3.05, 3.63) is 304 Å². The maximum Gasteiger partial charge on any atom is 0.0991 e. The first-order valence-corrected chi connectivity index (χ1v) is 22.7. The van der Waals surface area contributed by atoms with Crippen molar-refractivity contribution in [2.75, 3.05) is 4.90 Å². The Morgan fingerprint density at radius 2 is 0.746 bits per heavy atom. The molecule has 0 amide bonds. The number of nitrogens with zero attached hydrogens (tertiary/aromatic N) is 3. The quantitative estimate of drug-likeness (QED) is 0.153. The fourth-order valence-electron chi connectivity index (χ4n) is 11.3. The highest BCUT2D eigenvalue weighted by Gasteiger charge is 2.49. The van der Waals surface area contributed by atoms with Gasteiger partial charge >= 0.3 is 0 Å². The summed E-state index contributed by atoms with van der Waals surface area (Å²) in [6.45, 7) is 0. The van der Waals surface area contributed by atoms with Crippen LogP contribution in [0.15, 0.2) is 249 Å². The molecule has 0 radical (unpaired) electrons.